The number of hydrogen-bond acceptors (Lipinski definition) is 7. The van der Waals surface area contributed by atoms with Crippen molar-refractivity contribution in [3.63, 3.8) is 0 Å². The molecule has 9 nitrogen and oxygen atoms in total. The van der Waals surface area contributed by atoms with Gasteiger partial charge in [-0.1, -0.05) is 23.7 Å². The largest absolute Gasteiger partial charge is 0.484 e. The third-order valence-electron chi connectivity index (χ3n) is 8.41. The summed E-state index contributed by atoms with van der Waals surface area (Å²) in [4.78, 5) is 23.0. The van der Waals surface area contributed by atoms with Crippen molar-refractivity contribution < 1.29 is 23.8 Å². The highest BCUT2D eigenvalue weighted by atomic mass is 35.5. The minimum Gasteiger partial charge on any atom is -0.484 e. The molecule has 2 aromatic carbocycles. The SMILES string of the molecule is N#CCC1(Cn2c(CN3CCC(Oc4cccc(COc5ccc(Cl)cc5F)n4)CC3)nc3ccc(/C=C/C(=O)O)cc32)CC1. The molecule has 4 aromatic rings. The summed E-state index contributed by atoms with van der Waals surface area (Å²) in [5.41, 5.74) is 3.21. The average Bonchev–Trinajstić information content (AvgIpc) is 3.70. The Morgan fingerprint density at radius 3 is 2.71 bits per heavy atom. The minimum absolute atomic E-state index is 0.00591. The number of pyridine rings is 1. The lowest BCUT2D eigenvalue weighted by molar-refractivity contribution is -0.131. The number of aliphatic carboxylic acids is 1. The molecule has 0 radical (unpaired) electrons. The monoisotopic (exact) mass is 629 g/mol. The summed E-state index contributed by atoms with van der Waals surface area (Å²) in [6, 6.07) is 17.9. The predicted molar refractivity (Wildman–Crippen MR) is 167 cm³/mol. The van der Waals surface area contributed by atoms with Crippen molar-refractivity contribution in [3.05, 3.63) is 88.6 Å². The van der Waals surface area contributed by atoms with E-state index in [0.717, 1.165) is 67.3 Å². The molecule has 2 fully saturated rings. The van der Waals surface area contributed by atoms with Gasteiger partial charge in [-0.3, -0.25) is 4.90 Å². The summed E-state index contributed by atoms with van der Waals surface area (Å²) in [5.74, 6) is 0.0450. The van der Waals surface area contributed by atoms with Crippen molar-refractivity contribution in [3.8, 4) is 17.7 Å². The van der Waals surface area contributed by atoms with E-state index in [1.165, 1.54) is 12.1 Å². The lowest BCUT2D eigenvalue weighted by atomic mass is 10.0. The molecule has 1 saturated heterocycles. The first-order valence-corrected chi connectivity index (χ1v) is 15.4. The summed E-state index contributed by atoms with van der Waals surface area (Å²) < 4.78 is 28.1. The van der Waals surface area contributed by atoms with Gasteiger partial charge in [0, 0.05) is 48.6 Å². The van der Waals surface area contributed by atoms with Crippen LogP contribution < -0.4 is 9.47 Å². The van der Waals surface area contributed by atoms with E-state index in [1.54, 1.807) is 12.1 Å². The normalized spacial score (nSPS) is 16.6. The second-order valence-corrected chi connectivity index (χ2v) is 12.2. The maximum absolute atomic E-state index is 14.1. The van der Waals surface area contributed by atoms with Gasteiger partial charge < -0.3 is 19.1 Å². The molecule has 45 heavy (non-hydrogen) atoms. The highest BCUT2D eigenvalue weighted by Crippen LogP contribution is 2.50. The quantitative estimate of drug-likeness (QED) is 0.174. The molecule has 0 unspecified atom stereocenters. The lowest BCUT2D eigenvalue weighted by Gasteiger charge is -2.32. The summed E-state index contributed by atoms with van der Waals surface area (Å²) in [7, 11) is 0. The molecular weight excluding hydrogens is 597 g/mol. The molecule has 1 aliphatic heterocycles. The van der Waals surface area contributed by atoms with E-state index in [2.05, 4.69) is 20.5 Å². The number of ether oxygens (including phenoxy) is 2. The Labute approximate surface area is 265 Å². The molecule has 0 bridgehead atoms. The van der Waals surface area contributed by atoms with E-state index in [-0.39, 0.29) is 23.9 Å². The molecule has 0 spiro atoms. The number of benzene rings is 2. The van der Waals surface area contributed by atoms with Crippen LogP contribution in [-0.2, 0) is 24.5 Å². The first-order chi connectivity index (χ1) is 21.8. The van der Waals surface area contributed by atoms with Gasteiger partial charge in [0.2, 0.25) is 5.88 Å². The van der Waals surface area contributed by atoms with Crippen molar-refractivity contribution in [2.24, 2.45) is 5.41 Å². The van der Waals surface area contributed by atoms with E-state index in [9.17, 15) is 14.4 Å². The van der Waals surface area contributed by atoms with Gasteiger partial charge in [-0.05, 0) is 73.7 Å². The van der Waals surface area contributed by atoms with Crippen LogP contribution in [0, 0.1) is 22.6 Å². The topological polar surface area (TPSA) is 114 Å². The van der Waals surface area contributed by atoms with Gasteiger partial charge in [0.05, 0.1) is 29.3 Å². The highest BCUT2D eigenvalue weighted by molar-refractivity contribution is 6.30. The fraction of sp³-hybridized carbons (Fsp3) is 0.353. The number of nitriles is 1. The number of carboxylic acid groups (broad SMARTS) is 1. The Morgan fingerprint density at radius 2 is 1.98 bits per heavy atom. The molecular formula is C34H33ClFN5O4. The summed E-state index contributed by atoms with van der Waals surface area (Å²) in [6.07, 6.45) is 6.90. The Morgan fingerprint density at radius 1 is 1.16 bits per heavy atom. The number of imidazole rings is 1. The second kappa shape index (κ2) is 13.3. The van der Waals surface area contributed by atoms with E-state index >= 15 is 0 Å². The van der Waals surface area contributed by atoms with Crippen LogP contribution in [-0.4, -0.2) is 49.7 Å². The van der Waals surface area contributed by atoms with Gasteiger partial charge in [0.15, 0.2) is 11.6 Å². The lowest BCUT2D eigenvalue weighted by Crippen LogP contribution is -2.38. The third kappa shape index (κ3) is 7.62. The van der Waals surface area contributed by atoms with E-state index in [1.807, 2.05) is 36.4 Å². The smallest absolute Gasteiger partial charge is 0.328 e. The minimum atomic E-state index is -0.994. The van der Waals surface area contributed by atoms with Crippen molar-refractivity contribution >= 4 is 34.7 Å². The van der Waals surface area contributed by atoms with Crippen LogP contribution in [0.5, 0.6) is 11.6 Å². The van der Waals surface area contributed by atoms with Crippen LogP contribution in [0.3, 0.4) is 0 Å². The maximum Gasteiger partial charge on any atom is 0.328 e. The predicted octanol–water partition coefficient (Wildman–Crippen LogP) is 6.64. The average molecular weight is 630 g/mol. The summed E-state index contributed by atoms with van der Waals surface area (Å²) >= 11 is 5.82. The molecule has 11 heteroatoms. The van der Waals surface area contributed by atoms with Crippen LogP contribution in [0.2, 0.25) is 5.02 Å². The van der Waals surface area contributed by atoms with Crippen molar-refractivity contribution in [2.75, 3.05) is 13.1 Å². The number of hydrogen-bond donors (Lipinski definition) is 1. The molecule has 3 heterocycles. The van der Waals surface area contributed by atoms with Gasteiger partial charge in [-0.15, -0.1) is 0 Å². The van der Waals surface area contributed by atoms with E-state index in [0.29, 0.717) is 36.1 Å². The molecule has 2 aliphatic rings. The van der Waals surface area contributed by atoms with Crippen LogP contribution in [0.1, 0.15) is 49.2 Å². The Bertz CT molecular complexity index is 1770. The van der Waals surface area contributed by atoms with Crippen molar-refractivity contribution in [2.45, 2.75) is 57.9 Å². The first kappa shape index (κ1) is 30.6. The fourth-order valence-corrected chi connectivity index (χ4v) is 5.89. The summed E-state index contributed by atoms with van der Waals surface area (Å²) in [5, 5.41) is 18.8. The Balaban J connectivity index is 1.09. The number of halogens is 2. The number of nitrogens with zero attached hydrogens (tertiary/aromatic N) is 5. The summed E-state index contributed by atoms with van der Waals surface area (Å²) in [6.45, 7) is 3.12. The molecule has 0 amide bonds. The number of piperidine rings is 1. The number of carboxylic acids is 1. The van der Waals surface area contributed by atoms with Gasteiger partial charge in [0.1, 0.15) is 18.5 Å². The van der Waals surface area contributed by atoms with Crippen molar-refractivity contribution in [1.29, 1.82) is 5.26 Å². The van der Waals surface area contributed by atoms with Crippen LogP contribution >= 0.6 is 11.6 Å². The van der Waals surface area contributed by atoms with Crippen LogP contribution in [0.15, 0.2) is 60.7 Å². The number of rotatable bonds is 12. The molecule has 1 aliphatic carbocycles. The van der Waals surface area contributed by atoms with Gasteiger partial charge in [0.25, 0.3) is 0 Å². The van der Waals surface area contributed by atoms with E-state index < -0.39 is 11.8 Å². The van der Waals surface area contributed by atoms with E-state index in [4.69, 9.17) is 31.2 Å². The number of carbonyl (C=O) groups is 1. The van der Waals surface area contributed by atoms with Gasteiger partial charge in [-0.2, -0.15) is 5.26 Å². The highest BCUT2D eigenvalue weighted by Gasteiger charge is 2.43. The number of aromatic nitrogens is 3. The Hall–Kier alpha value is -4.46. The zero-order chi connectivity index (χ0) is 31.4. The number of fused-ring (bicyclic) bond motifs is 1. The first-order valence-electron chi connectivity index (χ1n) is 15.0. The molecule has 1 saturated carbocycles. The fourth-order valence-electron chi connectivity index (χ4n) is 5.73. The Kier molecular flexibility index (Phi) is 9.01. The van der Waals surface area contributed by atoms with Crippen molar-refractivity contribution in [1.82, 2.24) is 19.4 Å². The zero-order valence-electron chi connectivity index (χ0n) is 24.7. The molecule has 1 N–H and O–H groups in total. The molecule has 232 valence electrons. The third-order valence-corrected chi connectivity index (χ3v) is 8.65. The standard InChI is InChI=1S/C34H33ClFN5O4/c35-24-6-8-30(27(36)19-24)44-21-25-2-1-3-32(38-25)45-26-10-16-40(17-11-26)20-31-39-28-7-4-23(5-9-33(42)43)18-29(28)41(31)22-34(12-13-34)14-15-37/h1-9,18-19,26H,10-14,16-17,20-22H2,(H,42,43)/b9-5+. The van der Waals surface area contributed by atoms with Gasteiger partial charge in [-0.25, -0.2) is 19.2 Å². The molecule has 6 rings (SSSR count). The molecule has 2 aromatic heterocycles. The molecule has 0 atom stereocenters. The second-order valence-electron chi connectivity index (χ2n) is 11.8. The maximum atomic E-state index is 14.1. The van der Waals surface area contributed by atoms with Crippen LogP contribution in [0.25, 0.3) is 17.1 Å². The number of likely N-dealkylation sites (tertiary alicyclic amines) is 1. The van der Waals surface area contributed by atoms with Crippen LogP contribution in [0.4, 0.5) is 4.39 Å². The van der Waals surface area contributed by atoms with Gasteiger partial charge >= 0.3 is 5.97 Å². The zero-order valence-corrected chi connectivity index (χ0v) is 25.4.